The molecule has 0 spiro atoms. The van der Waals surface area contributed by atoms with E-state index in [4.69, 9.17) is 10.5 Å². The molecule has 0 unspecified atom stereocenters. The zero-order chi connectivity index (χ0) is 14.5. The summed E-state index contributed by atoms with van der Waals surface area (Å²) in [5.74, 6) is 0.706. The van der Waals surface area contributed by atoms with E-state index in [1.165, 1.54) is 17.3 Å². The standard InChI is InChI=1S/C15H19N3OS/c1-4-8-17-15-14(16)20-13-7-6-11(5-2)9-12(13)18(15)10-19-3/h4,6-9H,1,5,10,16H2,2-3H3/b17-8-. The molecule has 2 N–H and O–H groups in total. The van der Waals surface area contributed by atoms with E-state index in [-0.39, 0.29) is 0 Å². The zero-order valence-electron chi connectivity index (χ0n) is 11.8. The minimum atomic E-state index is 0.408. The molecule has 0 amide bonds. The fourth-order valence-electron chi connectivity index (χ4n) is 2.01. The summed E-state index contributed by atoms with van der Waals surface area (Å²) in [4.78, 5) is 7.48. The van der Waals surface area contributed by atoms with Crippen LogP contribution in [0.4, 0.5) is 5.69 Å². The van der Waals surface area contributed by atoms with E-state index in [9.17, 15) is 0 Å². The number of benzene rings is 1. The Morgan fingerprint density at radius 3 is 2.95 bits per heavy atom. The van der Waals surface area contributed by atoms with Crippen molar-refractivity contribution >= 4 is 23.7 Å². The molecule has 0 saturated carbocycles. The van der Waals surface area contributed by atoms with Crippen LogP contribution in [0.5, 0.6) is 0 Å². The first-order valence-corrected chi connectivity index (χ1v) is 7.25. The fraction of sp³-hybridized carbons (Fsp3) is 0.267. The summed E-state index contributed by atoms with van der Waals surface area (Å²) in [7, 11) is 1.66. The Bertz CT molecular complexity index is 566. The molecular formula is C15H19N3OS. The highest BCUT2D eigenvalue weighted by atomic mass is 32.2. The third kappa shape index (κ3) is 2.89. The second-order valence-corrected chi connectivity index (χ2v) is 5.39. The normalized spacial score (nSPS) is 14.8. The summed E-state index contributed by atoms with van der Waals surface area (Å²) < 4.78 is 5.30. The summed E-state index contributed by atoms with van der Waals surface area (Å²) in [5.41, 5.74) is 8.48. The smallest absolute Gasteiger partial charge is 0.165 e. The van der Waals surface area contributed by atoms with Crippen molar-refractivity contribution in [2.45, 2.75) is 18.2 Å². The average molecular weight is 289 g/mol. The van der Waals surface area contributed by atoms with Crippen LogP contribution < -0.4 is 10.6 Å². The number of methoxy groups -OCH3 is 1. The monoisotopic (exact) mass is 289 g/mol. The minimum absolute atomic E-state index is 0.408. The molecule has 0 atom stereocenters. The summed E-state index contributed by atoms with van der Waals surface area (Å²) in [6.45, 7) is 6.19. The lowest BCUT2D eigenvalue weighted by Crippen LogP contribution is -2.29. The molecular weight excluding hydrogens is 270 g/mol. The largest absolute Gasteiger partial charge is 0.390 e. The van der Waals surface area contributed by atoms with Crippen LogP contribution in [0, 0.1) is 0 Å². The molecule has 5 heteroatoms. The van der Waals surface area contributed by atoms with Gasteiger partial charge in [0, 0.05) is 18.2 Å². The summed E-state index contributed by atoms with van der Waals surface area (Å²) >= 11 is 1.53. The van der Waals surface area contributed by atoms with Crippen LogP contribution in [0.1, 0.15) is 12.5 Å². The SMILES string of the molecule is C=C/C=N\C1=C(N)Sc2ccc(CC)cc2N1COC. The Labute approximate surface area is 124 Å². The lowest BCUT2D eigenvalue weighted by atomic mass is 10.1. The van der Waals surface area contributed by atoms with Gasteiger partial charge in [0.15, 0.2) is 5.82 Å². The van der Waals surface area contributed by atoms with Crippen molar-refractivity contribution < 1.29 is 4.74 Å². The molecule has 1 aromatic rings. The van der Waals surface area contributed by atoms with E-state index >= 15 is 0 Å². The van der Waals surface area contributed by atoms with E-state index < -0.39 is 0 Å². The fourth-order valence-corrected chi connectivity index (χ4v) is 2.91. The third-order valence-electron chi connectivity index (χ3n) is 2.98. The van der Waals surface area contributed by atoms with Gasteiger partial charge in [-0.25, -0.2) is 4.99 Å². The van der Waals surface area contributed by atoms with Gasteiger partial charge in [-0.05, 0) is 24.1 Å². The van der Waals surface area contributed by atoms with Crippen molar-refractivity contribution in [2.24, 2.45) is 10.7 Å². The van der Waals surface area contributed by atoms with E-state index in [2.05, 4.69) is 36.7 Å². The summed E-state index contributed by atoms with van der Waals surface area (Å²) in [5, 5.41) is 0.664. The van der Waals surface area contributed by atoms with Crippen molar-refractivity contribution in [3.8, 4) is 0 Å². The second kappa shape index (κ2) is 6.63. The van der Waals surface area contributed by atoms with Crippen LogP contribution >= 0.6 is 11.8 Å². The van der Waals surface area contributed by atoms with Crippen LogP contribution in [0.2, 0.25) is 0 Å². The lowest BCUT2D eigenvalue weighted by molar-refractivity contribution is 0.202. The Morgan fingerprint density at radius 2 is 2.30 bits per heavy atom. The van der Waals surface area contributed by atoms with Gasteiger partial charge in [0.25, 0.3) is 0 Å². The molecule has 2 rings (SSSR count). The van der Waals surface area contributed by atoms with Crippen LogP contribution in [-0.2, 0) is 11.2 Å². The number of thioether (sulfide) groups is 1. The number of nitrogens with two attached hydrogens (primary N) is 1. The summed E-state index contributed by atoms with van der Waals surface area (Å²) in [6.07, 6.45) is 4.26. The molecule has 0 fully saturated rings. The van der Waals surface area contributed by atoms with Gasteiger partial charge >= 0.3 is 0 Å². The summed E-state index contributed by atoms with van der Waals surface area (Å²) in [6, 6.07) is 6.39. The number of aryl methyl sites for hydroxylation is 1. The molecule has 0 bridgehead atoms. The Balaban J connectivity index is 2.48. The number of rotatable bonds is 5. The highest BCUT2D eigenvalue weighted by Gasteiger charge is 2.24. The molecule has 0 aliphatic carbocycles. The van der Waals surface area contributed by atoms with E-state index in [0.29, 0.717) is 17.6 Å². The quantitative estimate of drug-likeness (QED) is 0.846. The molecule has 20 heavy (non-hydrogen) atoms. The number of ether oxygens (including phenoxy) is 1. The number of nitrogens with zero attached hydrogens (tertiary/aromatic N) is 2. The maximum absolute atomic E-state index is 6.12. The maximum Gasteiger partial charge on any atom is 0.165 e. The van der Waals surface area contributed by atoms with Gasteiger partial charge < -0.3 is 10.5 Å². The minimum Gasteiger partial charge on any atom is -0.390 e. The van der Waals surface area contributed by atoms with Crippen molar-refractivity contribution in [2.75, 3.05) is 18.7 Å². The van der Waals surface area contributed by atoms with E-state index in [0.717, 1.165) is 17.0 Å². The second-order valence-electron chi connectivity index (χ2n) is 4.31. The Kier molecular flexibility index (Phi) is 4.87. The van der Waals surface area contributed by atoms with E-state index in [1.54, 1.807) is 19.4 Å². The van der Waals surface area contributed by atoms with Gasteiger partial charge in [-0.15, -0.1) is 0 Å². The molecule has 106 valence electrons. The average Bonchev–Trinajstić information content (AvgIpc) is 2.46. The number of hydrogen-bond donors (Lipinski definition) is 1. The van der Waals surface area contributed by atoms with Gasteiger partial charge in [0.05, 0.1) is 5.69 Å². The molecule has 0 radical (unpaired) electrons. The highest BCUT2D eigenvalue weighted by Crippen LogP contribution is 2.42. The highest BCUT2D eigenvalue weighted by molar-refractivity contribution is 8.03. The van der Waals surface area contributed by atoms with Gasteiger partial charge in [0.1, 0.15) is 11.8 Å². The lowest BCUT2D eigenvalue weighted by Gasteiger charge is -2.31. The predicted molar refractivity (Wildman–Crippen MR) is 85.9 cm³/mol. The third-order valence-corrected chi connectivity index (χ3v) is 3.95. The maximum atomic E-state index is 6.12. The molecule has 4 nitrogen and oxygen atoms in total. The number of aliphatic imine (C=N–C) groups is 1. The number of fused-ring (bicyclic) bond motifs is 1. The topological polar surface area (TPSA) is 50.8 Å². The van der Waals surface area contributed by atoms with Crippen molar-refractivity contribution in [3.05, 3.63) is 47.3 Å². The van der Waals surface area contributed by atoms with Gasteiger partial charge in [-0.3, -0.25) is 4.90 Å². The van der Waals surface area contributed by atoms with Crippen LogP contribution in [-0.4, -0.2) is 20.1 Å². The Hall–Kier alpha value is -1.72. The number of anilines is 1. The van der Waals surface area contributed by atoms with Crippen molar-refractivity contribution in [1.29, 1.82) is 0 Å². The predicted octanol–water partition coefficient (Wildman–Crippen LogP) is 3.11. The molecule has 1 heterocycles. The van der Waals surface area contributed by atoms with Crippen LogP contribution in [0.15, 0.2) is 51.6 Å². The van der Waals surface area contributed by atoms with Gasteiger partial charge in [-0.1, -0.05) is 37.4 Å². The first kappa shape index (κ1) is 14.7. The van der Waals surface area contributed by atoms with Crippen molar-refractivity contribution in [1.82, 2.24) is 0 Å². The molecule has 1 aliphatic heterocycles. The number of allylic oxidation sites excluding steroid dienone is 1. The number of hydrogen-bond acceptors (Lipinski definition) is 5. The molecule has 1 aliphatic rings. The molecule has 0 saturated heterocycles. The molecule has 0 aromatic heterocycles. The van der Waals surface area contributed by atoms with Crippen LogP contribution in [0.25, 0.3) is 0 Å². The zero-order valence-corrected chi connectivity index (χ0v) is 12.6. The van der Waals surface area contributed by atoms with Crippen LogP contribution in [0.3, 0.4) is 0 Å². The first-order valence-electron chi connectivity index (χ1n) is 6.43. The molecule has 1 aromatic carbocycles. The van der Waals surface area contributed by atoms with E-state index in [1.807, 2.05) is 4.90 Å². The van der Waals surface area contributed by atoms with Crippen molar-refractivity contribution in [3.63, 3.8) is 0 Å². The van der Waals surface area contributed by atoms with Gasteiger partial charge in [-0.2, -0.15) is 0 Å². The van der Waals surface area contributed by atoms with Gasteiger partial charge in [0.2, 0.25) is 0 Å². The first-order chi connectivity index (χ1) is 9.71. The Morgan fingerprint density at radius 1 is 1.50 bits per heavy atom.